The zero-order chi connectivity index (χ0) is 21.5. The number of allylic oxidation sites excluding steroid dienone is 1. The second-order valence-electron chi connectivity index (χ2n) is 7.71. The summed E-state index contributed by atoms with van der Waals surface area (Å²) in [6.07, 6.45) is 5.32. The maximum atomic E-state index is 12.0. The van der Waals surface area contributed by atoms with Crippen LogP contribution in [0, 0.1) is 5.92 Å². The molecule has 0 bridgehead atoms. The Kier molecular flexibility index (Phi) is 7.22. The van der Waals surface area contributed by atoms with Crippen molar-refractivity contribution in [2.45, 2.75) is 45.8 Å². The molecule has 1 atom stereocenters. The van der Waals surface area contributed by atoms with Crippen LogP contribution < -0.4 is 10.5 Å². The van der Waals surface area contributed by atoms with E-state index in [0.717, 1.165) is 22.4 Å². The van der Waals surface area contributed by atoms with Crippen LogP contribution >= 0.6 is 0 Å². The van der Waals surface area contributed by atoms with Crippen LogP contribution in [0.2, 0.25) is 0 Å². The van der Waals surface area contributed by atoms with Gasteiger partial charge in [0.1, 0.15) is 12.4 Å². The molecule has 30 heavy (non-hydrogen) atoms. The highest BCUT2D eigenvalue weighted by Gasteiger charge is 2.30. The van der Waals surface area contributed by atoms with Gasteiger partial charge in [-0.2, -0.15) is 0 Å². The number of ether oxygens (including phenoxy) is 2. The van der Waals surface area contributed by atoms with E-state index in [4.69, 9.17) is 20.2 Å². The summed E-state index contributed by atoms with van der Waals surface area (Å²) in [5.41, 5.74) is 10.9. The second kappa shape index (κ2) is 10.1. The number of aliphatic imine (C=N–C) groups is 1. The molecule has 0 spiro atoms. The van der Waals surface area contributed by atoms with Gasteiger partial charge in [-0.15, -0.1) is 0 Å². The summed E-state index contributed by atoms with van der Waals surface area (Å²) in [7, 11) is 1.42. The standard InChI is InChI=1S/C24H29N3O3/c1-16(2)27-22-12-18(24(28)29-3)9-10-21(22)23(25)19-11-20(14-26-13-19)30-15-17-7-5-4-6-8-17/h4-8,11,13-14,16,18H,9-10,12,15,25H2,1-3H3/b23-21-,27-22?/t18-/m1/s1. The van der Waals surface area contributed by atoms with Crippen LogP contribution in [0.4, 0.5) is 0 Å². The van der Waals surface area contributed by atoms with Gasteiger partial charge in [0, 0.05) is 35.6 Å². The molecule has 2 N–H and O–H groups in total. The van der Waals surface area contributed by atoms with Crippen LogP contribution in [0.3, 0.4) is 0 Å². The molecule has 1 heterocycles. The van der Waals surface area contributed by atoms with E-state index in [0.29, 0.717) is 37.3 Å². The van der Waals surface area contributed by atoms with E-state index in [1.54, 1.807) is 12.4 Å². The Morgan fingerprint density at radius 3 is 2.73 bits per heavy atom. The molecule has 1 aromatic carbocycles. The van der Waals surface area contributed by atoms with Gasteiger partial charge < -0.3 is 15.2 Å². The second-order valence-corrected chi connectivity index (χ2v) is 7.71. The molecule has 0 aliphatic heterocycles. The van der Waals surface area contributed by atoms with E-state index in [9.17, 15) is 4.79 Å². The lowest BCUT2D eigenvalue weighted by Gasteiger charge is -2.26. The molecular formula is C24H29N3O3. The molecule has 1 fully saturated rings. The maximum Gasteiger partial charge on any atom is 0.309 e. The van der Waals surface area contributed by atoms with Gasteiger partial charge in [0.2, 0.25) is 0 Å². The number of rotatable bonds is 6. The lowest BCUT2D eigenvalue weighted by Crippen LogP contribution is -2.27. The first-order valence-electron chi connectivity index (χ1n) is 10.2. The van der Waals surface area contributed by atoms with E-state index in [1.165, 1.54) is 7.11 Å². The lowest BCUT2D eigenvalue weighted by molar-refractivity contribution is -0.145. The molecule has 0 saturated heterocycles. The normalized spacial score (nSPS) is 19.6. The first-order valence-corrected chi connectivity index (χ1v) is 10.2. The largest absolute Gasteiger partial charge is 0.487 e. The average molecular weight is 408 g/mol. The number of methoxy groups -OCH3 is 1. The average Bonchev–Trinajstić information content (AvgIpc) is 2.77. The smallest absolute Gasteiger partial charge is 0.309 e. The number of hydrogen-bond acceptors (Lipinski definition) is 6. The Morgan fingerprint density at radius 1 is 1.27 bits per heavy atom. The molecule has 2 aromatic rings. The molecule has 158 valence electrons. The number of pyridine rings is 1. The predicted octanol–water partition coefficient (Wildman–Crippen LogP) is 4.15. The van der Waals surface area contributed by atoms with Crippen LogP contribution in [-0.2, 0) is 16.1 Å². The van der Waals surface area contributed by atoms with Crippen molar-refractivity contribution in [2.24, 2.45) is 16.6 Å². The topological polar surface area (TPSA) is 86.8 Å². The molecule has 1 aliphatic carbocycles. The molecule has 0 radical (unpaired) electrons. The van der Waals surface area contributed by atoms with Crippen molar-refractivity contribution >= 4 is 17.4 Å². The van der Waals surface area contributed by atoms with Crippen LogP contribution in [0.1, 0.15) is 44.2 Å². The summed E-state index contributed by atoms with van der Waals surface area (Å²) in [5.74, 6) is 0.287. The van der Waals surface area contributed by atoms with E-state index in [-0.39, 0.29) is 17.9 Å². The van der Waals surface area contributed by atoms with Gasteiger partial charge in [0.25, 0.3) is 0 Å². The van der Waals surface area contributed by atoms with Crippen LogP contribution in [0.25, 0.3) is 5.70 Å². The maximum absolute atomic E-state index is 12.0. The highest BCUT2D eigenvalue weighted by atomic mass is 16.5. The van der Waals surface area contributed by atoms with Crippen molar-refractivity contribution in [1.29, 1.82) is 0 Å². The van der Waals surface area contributed by atoms with Crippen LogP contribution in [0.15, 0.2) is 59.4 Å². The Labute approximate surface area is 177 Å². The molecule has 1 aliphatic rings. The quantitative estimate of drug-likeness (QED) is 0.727. The highest BCUT2D eigenvalue weighted by Crippen LogP contribution is 2.32. The van der Waals surface area contributed by atoms with Gasteiger partial charge in [-0.05, 0) is 43.9 Å². The number of benzene rings is 1. The molecule has 1 saturated carbocycles. The number of esters is 1. The lowest BCUT2D eigenvalue weighted by atomic mass is 9.82. The predicted molar refractivity (Wildman–Crippen MR) is 118 cm³/mol. The number of carbonyl (C=O) groups is 1. The van der Waals surface area contributed by atoms with Crippen LogP contribution in [0.5, 0.6) is 5.75 Å². The Morgan fingerprint density at radius 2 is 2.03 bits per heavy atom. The zero-order valence-electron chi connectivity index (χ0n) is 17.8. The minimum absolute atomic E-state index is 0.109. The Bertz CT molecular complexity index is 936. The third-order valence-electron chi connectivity index (χ3n) is 5.08. The summed E-state index contributed by atoms with van der Waals surface area (Å²) in [4.78, 5) is 21.1. The third-order valence-corrected chi connectivity index (χ3v) is 5.08. The van der Waals surface area contributed by atoms with Gasteiger partial charge in [-0.1, -0.05) is 30.3 Å². The van der Waals surface area contributed by atoms with Gasteiger partial charge in [0.05, 0.1) is 19.2 Å². The van der Waals surface area contributed by atoms with Crippen molar-refractivity contribution in [3.63, 3.8) is 0 Å². The fourth-order valence-corrected chi connectivity index (χ4v) is 3.58. The fraction of sp³-hybridized carbons (Fsp3) is 0.375. The molecule has 1 aromatic heterocycles. The van der Waals surface area contributed by atoms with Crippen molar-refractivity contribution in [3.05, 3.63) is 65.5 Å². The van der Waals surface area contributed by atoms with E-state index in [2.05, 4.69) is 4.98 Å². The van der Waals surface area contributed by atoms with E-state index >= 15 is 0 Å². The molecule has 0 amide bonds. The molecule has 0 unspecified atom stereocenters. The highest BCUT2D eigenvalue weighted by molar-refractivity contribution is 6.08. The van der Waals surface area contributed by atoms with Crippen molar-refractivity contribution in [3.8, 4) is 5.75 Å². The van der Waals surface area contributed by atoms with E-state index < -0.39 is 0 Å². The van der Waals surface area contributed by atoms with Crippen molar-refractivity contribution < 1.29 is 14.3 Å². The summed E-state index contributed by atoms with van der Waals surface area (Å²) < 4.78 is 10.8. The number of nitrogens with zero attached hydrogens (tertiary/aromatic N) is 2. The SMILES string of the molecule is COC(=O)[C@@H]1CC/C(=C(/N)c2cncc(OCc3ccccc3)c2)C(=NC(C)C)C1. The summed E-state index contributed by atoms with van der Waals surface area (Å²) in [6.45, 7) is 4.49. The first kappa shape index (κ1) is 21.6. The summed E-state index contributed by atoms with van der Waals surface area (Å²) >= 11 is 0. The minimum Gasteiger partial charge on any atom is -0.487 e. The third kappa shape index (κ3) is 5.47. The number of hydrogen-bond donors (Lipinski definition) is 1. The van der Waals surface area contributed by atoms with Gasteiger partial charge >= 0.3 is 5.97 Å². The molecule has 3 rings (SSSR count). The molecule has 6 heteroatoms. The summed E-state index contributed by atoms with van der Waals surface area (Å²) in [6, 6.07) is 12.0. The van der Waals surface area contributed by atoms with Crippen LogP contribution in [-0.4, -0.2) is 29.8 Å². The Hall–Kier alpha value is -3.15. The first-order chi connectivity index (χ1) is 14.5. The number of carbonyl (C=O) groups excluding carboxylic acids is 1. The van der Waals surface area contributed by atoms with Crippen molar-refractivity contribution in [2.75, 3.05) is 7.11 Å². The van der Waals surface area contributed by atoms with Gasteiger partial charge in [0.15, 0.2) is 0 Å². The fourth-order valence-electron chi connectivity index (χ4n) is 3.58. The monoisotopic (exact) mass is 407 g/mol. The number of nitrogens with two attached hydrogens (primary N) is 1. The van der Waals surface area contributed by atoms with Gasteiger partial charge in [-0.25, -0.2) is 0 Å². The zero-order valence-corrected chi connectivity index (χ0v) is 17.8. The molecule has 6 nitrogen and oxygen atoms in total. The molecular weight excluding hydrogens is 378 g/mol. The Balaban J connectivity index is 1.83. The van der Waals surface area contributed by atoms with E-state index in [1.807, 2.05) is 50.2 Å². The van der Waals surface area contributed by atoms with Crippen molar-refractivity contribution in [1.82, 2.24) is 4.98 Å². The summed E-state index contributed by atoms with van der Waals surface area (Å²) in [5, 5.41) is 0. The number of aromatic nitrogens is 1. The van der Waals surface area contributed by atoms with Gasteiger partial charge in [-0.3, -0.25) is 14.8 Å². The minimum atomic E-state index is -0.193.